The highest BCUT2D eigenvalue weighted by Gasteiger charge is 2.05. The van der Waals surface area contributed by atoms with E-state index in [1.807, 2.05) is 12.3 Å². The number of rotatable bonds is 3. The summed E-state index contributed by atoms with van der Waals surface area (Å²) in [5, 5.41) is 5.19. The van der Waals surface area contributed by atoms with Crippen molar-refractivity contribution in [2.24, 2.45) is 0 Å². The van der Waals surface area contributed by atoms with Gasteiger partial charge in [-0.25, -0.2) is 4.98 Å². The number of hydrogen-bond donors (Lipinski definition) is 1. The lowest BCUT2D eigenvalue weighted by Crippen LogP contribution is -2.00. The van der Waals surface area contributed by atoms with Crippen LogP contribution in [0, 0.1) is 0 Å². The molecule has 3 rings (SSSR count). The summed E-state index contributed by atoms with van der Waals surface area (Å²) < 4.78 is 5.01. The standard InChI is InChI=1S/C12H9BrN4S/c13-10-4-8-2-1-3-14-11(8)9(5-10)6-15-12-16-7-17-18-12/h1-5,7H,6H2,(H,15,16,17). The second-order valence-corrected chi connectivity index (χ2v) is 5.44. The van der Waals surface area contributed by atoms with Crippen molar-refractivity contribution >= 4 is 43.5 Å². The van der Waals surface area contributed by atoms with Gasteiger partial charge in [-0.15, -0.1) is 0 Å². The van der Waals surface area contributed by atoms with Gasteiger partial charge in [0.25, 0.3) is 0 Å². The molecule has 0 aliphatic heterocycles. The summed E-state index contributed by atoms with van der Waals surface area (Å²) in [6.07, 6.45) is 3.36. The summed E-state index contributed by atoms with van der Waals surface area (Å²) in [5.74, 6) is 0. The first-order valence-electron chi connectivity index (χ1n) is 5.36. The van der Waals surface area contributed by atoms with Crippen LogP contribution in [0.5, 0.6) is 0 Å². The molecule has 3 aromatic rings. The van der Waals surface area contributed by atoms with Crippen molar-refractivity contribution in [2.45, 2.75) is 6.54 Å². The Hall–Kier alpha value is -1.53. The fourth-order valence-corrected chi connectivity index (χ4v) is 2.73. The molecule has 2 aromatic heterocycles. The predicted molar refractivity (Wildman–Crippen MR) is 76.7 cm³/mol. The summed E-state index contributed by atoms with van der Waals surface area (Å²) >= 11 is 4.87. The highest BCUT2D eigenvalue weighted by atomic mass is 79.9. The molecule has 18 heavy (non-hydrogen) atoms. The molecule has 0 atom stereocenters. The summed E-state index contributed by atoms with van der Waals surface area (Å²) in [4.78, 5) is 8.53. The lowest BCUT2D eigenvalue weighted by molar-refractivity contribution is 1.13. The van der Waals surface area contributed by atoms with E-state index in [9.17, 15) is 0 Å². The monoisotopic (exact) mass is 320 g/mol. The van der Waals surface area contributed by atoms with Gasteiger partial charge in [0.05, 0.1) is 5.52 Å². The van der Waals surface area contributed by atoms with Gasteiger partial charge in [-0.1, -0.05) is 22.0 Å². The van der Waals surface area contributed by atoms with Crippen LogP contribution in [-0.2, 0) is 6.54 Å². The Morgan fingerprint density at radius 2 is 2.22 bits per heavy atom. The largest absolute Gasteiger partial charge is 0.356 e. The van der Waals surface area contributed by atoms with Crippen molar-refractivity contribution in [3.63, 3.8) is 0 Å². The Bertz CT molecular complexity index is 669. The van der Waals surface area contributed by atoms with Gasteiger partial charge in [0.15, 0.2) is 0 Å². The second-order valence-electron chi connectivity index (χ2n) is 3.74. The molecule has 90 valence electrons. The van der Waals surface area contributed by atoms with Gasteiger partial charge in [0, 0.05) is 34.1 Å². The zero-order valence-corrected chi connectivity index (χ0v) is 11.7. The molecule has 0 fully saturated rings. The molecule has 0 aliphatic rings. The third-order valence-electron chi connectivity index (χ3n) is 2.54. The van der Waals surface area contributed by atoms with Gasteiger partial charge in [-0.2, -0.15) is 4.37 Å². The van der Waals surface area contributed by atoms with Crippen LogP contribution < -0.4 is 5.32 Å². The number of pyridine rings is 1. The van der Waals surface area contributed by atoms with Gasteiger partial charge in [0.2, 0.25) is 5.13 Å². The molecule has 0 bridgehead atoms. The van der Waals surface area contributed by atoms with Crippen LogP contribution in [0.15, 0.2) is 41.3 Å². The molecule has 0 radical (unpaired) electrons. The zero-order valence-electron chi connectivity index (χ0n) is 9.30. The van der Waals surface area contributed by atoms with E-state index in [-0.39, 0.29) is 0 Å². The minimum atomic E-state index is 0.683. The third kappa shape index (κ3) is 2.34. The average molecular weight is 321 g/mol. The fraction of sp³-hybridized carbons (Fsp3) is 0.0833. The van der Waals surface area contributed by atoms with E-state index in [2.05, 4.69) is 53.8 Å². The molecule has 6 heteroatoms. The molecule has 0 saturated carbocycles. The van der Waals surface area contributed by atoms with Crippen LogP contribution in [0.25, 0.3) is 10.9 Å². The Labute approximate surface area is 116 Å². The van der Waals surface area contributed by atoms with Crippen molar-refractivity contribution in [2.75, 3.05) is 5.32 Å². The molecule has 0 aliphatic carbocycles. The summed E-state index contributed by atoms with van der Waals surface area (Å²) in [5.41, 5.74) is 2.15. The lowest BCUT2D eigenvalue weighted by atomic mass is 10.1. The first-order valence-corrected chi connectivity index (χ1v) is 6.93. The topological polar surface area (TPSA) is 50.7 Å². The number of nitrogens with zero attached hydrogens (tertiary/aromatic N) is 3. The highest BCUT2D eigenvalue weighted by Crippen LogP contribution is 2.23. The van der Waals surface area contributed by atoms with E-state index in [4.69, 9.17) is 0 Å². The van der Waals surface area contributed by atoms with Crippen molar-refractivity contribution in [1.82, 2.24) is 14.3 Å². The van der Waals surface area contributed by atoms with E-state index >= 15 is 0 Å². The Morgan fingerprint density at radius 1 is 1.28 bits per heavy atom. The number of hydrogen-bond acceptors (Lipinski definition) is 5. The Balaban J connectivity index is 1.95. The molecule has 4 nitrogen and oxygen atoms in total. The number of anilines is 1. The minimum Gasteiger partial charge on any atom is -0.356 e. The lowest BCUT2D eigenvalue weighted by Gasteiger charge is -2.07. The van der Waals surface area contributed by atoms with Gasteiger partial charge < -0.3 is 5.32 Å². The predicted octanol–water partition coefficient (Wildman–Crippen LogP) is 3.46. The quantitative estimate of drug-likeness (QED) is 0.803. The van der Waals surface area contributed by atoms with Crippen LogP contribution >= 0.6 is 27.5 Å². The Morgan fingerprint density at radius 3 is 3.06 bits per heavy atom. The molecule has 1 aromatic carbocycles. The minimum absolute atomic E-state index is 0.683. The first kappa shape index (κ1) is 11.6. The zero-order chi connectivity index (χ0) is 12.4. The van der Waals surface area contributed by atoms with E-state index < -0.39 is 0 Å². The highest BCUT2D eigenvalue weighted by molar-refractivity contribution is 9.10. The smallest absolute Gasteiger partial charge is 0.202 e. The van der Waals surface area contributed by atoms with Crippen LogP contribution in [0.1, 0.15) is 5.56 Å². The number of aromatic nitrogens is 3. The van der Waals surface area contributed by atoms with Crippen LogP contribution in [0.3, 0.4) is 0 Å². The molecular formula is C12H9BrN4S. The van der Waals surface area contributed by atoms with E-state index in [1.165, 1.54) is 11.5 Å². The summed E-state index contributed by atoms with van der Waals surface area (Å²) in [7, 11) is 0. The average Bonchev–Trinajstić information content (AvgIpc) is 2.89. The van der Waals surface area contributed by atoms with Crippen LogP contribution in [0.4, 0.5) is 5.13 Å². The SMILES string of the molecule is Brc1cc(CNc2ncns2)c2ncccc2c1. The van der Waals surface area contributed by atoms with Crippen molar-refractivity contribution < 1.29 is 0 Å². The summed E-state index contributed by atoms with van der Waals surface area (Å²) in [6, 6.07) is 8.14. The molecule has 0 amide bonds. The number of halogens is 1. The maximum Gasteiger partial charge on any atom is 0.202 e. The molecular weight excluding hydrogens is 312 g/mol. The van der Waals surface area contributed by atoms with E-state index in [1.54, 1.807) is 6.33 Å². The maximum absolute atomic E-state index is 4.43. The Kier molecular flexibility index (Phi) is 3.21. The number of fused-ring (bicyclic) bond motifs is 1. The van der Waals surface area contributed by atoms with Gasteiger partial charge >= 0.3 is 0 Å². The number of nitrogens with one attached hydrogen (secondary N) is 1. The molecule has 0 spiro atoms. The van der Waals surface area contributed by atoms with Gasteiger partial charge in [0.1, 0.15) is 6.33 Å². The van der Waals surface area contributed by atoms with Crippen molar-refractivity contribution in [3.05, 3.63) is 46.8 Å². The van der Waals surface area contributed by atoms with Crippen molar-refractivity contribution in [1.29, 1.82) is 0 Å². The van der Waals surface area contributed by atoms with Crippen molar-refractivity contribution in [3.8, 4) is 0 Å². The van der Waals surface area contributed by atoms with Crippen LogP contribution in [-0.4, -0.2) is 14.3 Å². The van der Waals surface area contributed by atoms with Gasteiger partial charge in [-0.05, 0) is 23.8 Å². The van der Waals surface area contributed by atoms with E-state index in [0.29, 0.717) is 6.54 Å². The van der Waals surface area contributed by atoms with Gasteiger partial charge in [-0.3, -0.25) is 4.98 Å². The summed E-state index contributed by atoms with van der Waals surface area (Å²) in [6.45, 7) is 0.683. The molecule has 0 unspecified atom stereocenters. The van der Waals surface area contributed by atoms with E-state index in [0.717, 1.165) is 26.1 Å². The first-order chi connectivity index (χ1) is 8.83. The third-order valence-corrected chi connectivity index (χ3v) is 3.62. The normalized spacial score (nSPS) is 10.7. The molecule has 0 saturated heterocycles. The fourth-order valence-electron chi connectivity index (χ4n) is 1.78. The van der Waals surface area contributed by atoms with Crippen LogP contribution in [0.2, 0.25) is 0 Å². The molecule has 2 heterocycles. The maximum atomic E-state index is 4.43. The molecule has 1 N–H and O–H groups in total. The second kappa shape index (κ2) is 4.99. The number of benzene rings is 1.